The van der Waals surface area contributed by atoms with Crippen LogP contribution in [0.15, 0.2) is 42.6 Å². The maximum Gasteiger partial charge on any atom is 0.281 e. The number of aromatic nitrogens is 1. The molecule has 2 amide bonds. The van der Waals surface area contributed by atoms with Crippen molar-refractivity contribution in [1.29, 1.82) is 0 Å². The molecule has 0 spiro atoms. The molecule has 19 heavy (non-hydrogen) atoms. The average Bonchev–Trinajstić information content (AvgIpc) is 2.95. The second-order valence-corrected chi connectivity index (χ2v) is 4.26. The summed E-state index contributed by atoms with van der Waals surface area (Å²) < 4.78 is 1.30. The van der Waals surface area contributed by atoms with Gasteiger partial charge in [0.05, 0.1) is 11.1 Å². The molecule has 2 aromatic rings. The molecule has 5 nitrogen and oxygen atoms in total. The number of amides is 2. The van der Waals surface area contributed by atoms with E-state index in [0.717, 1.165) is 5.01 Å². The average molecular weight is 254 g/mol. The van der Waals surface area contributed by atoms with Crippen molar-refractivity contribution in [2.45, 2.75) is 6.92 Å². The van der Waals surface area contributed by atoms with Crippen molar-refractivity contribution in [3.8, 4) is 0 Å². The summed E-state index contributed by atoms with van der Waals surface area (Å²) in [7, 11) is 0. The Morgan fingerprint density at radius 2 is 1.53 bits per heavy atom. The molecule has 1 aliphatic heterocycles. The van der Waals surface area contributed by atoms with E-state index in [-0.39, 0.29) is 5.78 Å². The highest BCUT2D eigenvalue weighted by atomic mass is 16.2. The Labute approximate surface area is 109 Å². The number of hydrogen-bond acceptors (Lipinski definition) is 3. The number of ketones is 1. The Balaban J connectivity index is 2.14. The van der Waals surface area contributed by atoms with Gasteiger partial charge in [-0.3, -0.25) is 14.4 Å². The fourth-order valence-corrected chi connectivity index (χ4v) is 2.20. The number of benzene rings is 1. The lowest BCUT2D eigenvalue weighted by molar-refractivity contribution is 0.0883. The van der Waals surface area contributed by atoms with Crippen LogP contribution in [0.2, 0.25) is 0 Å². The highest BCUT2D eigenvalue weighted by molar-refractivity contribution is 6.30. The molecule has 0 radical (unpaired) electrons. The molecule has 1 aromatic heterocycles. The van der Waals surface area contributed by atoms with Crippen LogP contribution in [0, 0.1) is 0 Å². The standard InChI is InChI=1S/C14H10N2O3/c1-9(17)12-7-4-8-15(12)16-13(18)10-5-2-3-6-11(10)14(16)19/h2-8H,1H3. The summed E-state index contributed by atoms with van der Waals surface area (Å²) >= 11 is 0. The van der Waals surface area contributed by atoms with Crippen LogP contribution in [0.5, 0.6) is 0 Å². The van der Waals surface area contributed by atoms with E-state index in [9.17, 15) is 14.4 Å². The van der Waals surface area contributed by atoms with Gasteiger partial charge in [-0.15, -0.1) is 0 Å². The van der Waals surface area contributed by atoms with Gasteiger partial charge in [0.1, 0.15) is 5.69 Å². The summed E-state index contributed by atoms with van der Waals surface area (Å²) in [6, 6.07) is 9.81. The Morgan fingerprint density at radius 1 is 0.947 bits per heavy atom. The fourth-order valence-electron chi connectivity index (χ4n) is 2.20. The molecule has 94 valence electrons. The molecule has 0 fully saturated rings. The molecule has 0 saturated carbocycles. The van der Waals surface area contributed by atoms with Crippen molar-refractivity contribution in [3.05, 3.63) is 59.4 Å². The van der Waals surface area contributed by atoms with Gasteiger partial charge < -0.3 is 0 Å². The van der Waals surface area contributed by atoms with Gasteiger partial charge in [-0.1, -0.05) is 12.1 Å². The number of rotatable bonds is 2. The molecule has 5 heteroatoms. The summed E-state index contributed by atoms with van der Waals surface area (Å²) in [6.45, 7) is 1.39. The fraction of sp³-hybridized carbons (Fsp3) is 0.0714. The first-order valence-electron chi connectivity index (χ1n) is 5.77. The molecular weight excluding hydrogens is 244 g/mol. The lowest BCUT2D eigenvalue weighted by Gasteiger charge is -2.17. The highest BCUT2D eigenvalue weighted by Gasteiger charge is 2.37. The van der Waals surface area contributed by atoms with Crippen molar-refractivity contribution < 1.29 is 14.4 Å². The quantitative estimate of drug-likeness (QED) is 0.604. The Kier molecular flexibility index (Phi) is 2.35. The third-order valence-electron chi connectivity index (χ3n) is 3.08. The maximum absolute atomic E-state index is 12.3. The van der Waals surface area contributed by atoms with E-state index >= 15 is 0 Å². The summed E-state index contributed by atoms with van der Waals surface area (Å²) in [5.74, 6) is -1.04. The second kappa shape index (κ2) is 3.91. The molecule has 0 N–H and O–H groups in total. The minimum Gasteiger partial charge on any atom is -0.293 e. The van der Waals surface area contributed by atoms with Crippen molar-refractivity contribution in [2.24, 2.45) is 0 Å². The van der Waals surface area contributed by atoms with Crippen LogP contribution in [0.1, 0.15) is 38.1 Å². The molecule has 3 rings (SSSR count). The van der Waals surface area contributed by atoms with Crippen LogP contribution >= 0.6 is 0 Å². The molecule has 1 aliphatic rings. The molecule has 0 bridgehead atoms. The van der Waals surface area contributed by atoms with Crippen molar-refractivity contribution >= 4 is 17.6 Å². The number of fused-ring (bicyclic) bond motifs is 1. The third kappa shape index (κ3) is 1.52. The van der Waals surface area contributed by atoms with E-state index in [1.165, 1.54) is 17.8 Å². The minimum atomic E-state index is -0.417. The predicted molar refractivity (Wildman–Crippen MR) is 67.8 cm³/mol. The number of Topliss-reactive ketones (excluding diaryl/α,β-unsaturated/α-hetero) is 1. The van der Waals surface area contributed by atoms with Crippen molar-refractivity contribution in [3.63, 3.8) is 0 Å². The SMILES string of the molecule is CC(=O)c1cccn1N1C(=O)c2ccccc2C1=O. The molecule has 0 atom stereocenters. The molecular formula is C14H10N2O3. The largest absolute Gasteiger partial charge is 0.293 e. The zero-order valence-corrected chi connectivity index (χ0v) is 10.2. The minimum absolute atomic E-state index is 0.207. The van der Waals surface area contributed by atoms with Gasteiger partial charge >= 0.3 is 0 Å². The van der Waals surface area contributed by atoms with Crippen LogP contribution in [-0.4, -0.2) is 22.3 Å². The van der Waals surface area contributed by atoms with Gasteiger partial charge in [0.2, 0.25) is 0 Å². The molecule has 1 aromatic carbocycles. The van der Waals surface area contributed by atoms with E-state index in [4.69, 9.17) is 0 Å². The Morgan fingerprint density at radius 3 is 2.05 bits per heavy atom. The lowest BCUT2D eigenvalue weighted by atomic mass is 10.1. The van der Waals surface area contributed by atoms with E-state index in [1.54, 1.807) is 36.4 Å². The van der Waals surface area contributed by atoms with Crippen LogP contribution in [-0.2, 0) is 0 Å². The van der Waals surface area contributed by atoms with Crippen molar-refractivity contribution in [1.82, 2.24) is 4.68 Å². The third-order valence-corrected chi connectivity index (χ3v) is 3.08. The normalized spacial score (nSPS) is 13.8. The van der Waals surface area contributed by atoms with Gasteiger partial charge in [0, 0.05) is 13.1 Å². The van der Waals surface area contributed by atoms with Gasteiger partial charge in [-0.2, -0.15) is 5.01 Å². The first-order chi connectivity index (χ1) is 9.11. The maximum atomic E-state index is 12.3. The Hall–Kier alpha value is -2.69. The van der Waals surface area contributed by atoms with Crippen LogP contribution < -0.4 is 5.01 Å². The molecule has 0 unspecified atom stereocenters. The molecule has 0 aliphatic carbocycles. The number of nitrogens with zero attached hydrogens (tertiary/aromatic N) is 2. The Bertz CT molecular complexity index is 680. The molecule has 2 heterocycles. The zero-order valence-electron chi connectivity index (χ0n) is 10.2. The lowest BCUT2D eigenvalue weighted by Crippen LogP contribution is -2.40. The van der Waals surface area contributed by atoms with E-state index < -0.39 is 11.8 Å². The van der Waals surface area contributed by atoms with Gasteiger partial charge in [-0.25, -0.2) is 4.68 Å². The van der Waals surface area contributed by atoms with Crippen LogP contribution in [0.4, 0.5) is 0 Å². The topological polar surface area (TPSA) is 59.4 Å². The van der Waals surface area contributed by atoms with Crippen LogP contribution in [0.25, 0.3) is 0 Å². The molecule has 0 saturated heterocycles. The van der Waals surface area contributed by atoms with E-state index in [0.29, 0.717) is 16.8 Å². The number of hydrogen-bond donors (Lipinski definition) is 0. The second-order valence-electron chi connectivity index (χ2n) is 4.26. The van der Waals surface area contributed by atoms with Crippen molar-refractivity contribution in [2.75, 3.05) is 5.01 Å². The number of carbonyl (C=O) groups excluding carboxylic acids is 3. The van der Waals surface area contributed by atoms with E-state index in [1.807, 2.05) is 0 Å². The van der Waals surface area contributed by atoms with Gasteiger partial charge in [0.25, 0.3) is 11.8 Å². The summed E-state index contributed by atoms with van der Waals surface area (Å²) in [5, 5.41) is 0.987. The smallest absolute Gasteiger partial charge is 0.281 e. The number of imide groups is 1. The summed E-state index contributed by atoms with van der Waals surface area (Å²) in [4.78, 5) is 36.0. The van der Waals surface area contributed by atoms with Gasteiger partial charge in [-0.05, 0) is 24.3 Å². The summed E-state index contributed by atoms with van der Waals surface area (Å²) in [6.07, 6.45) is 1.53. The predicted octanol–water partition coefficient (Wildman–Crippen LogP) is 1.62. The van der Waals surface area contributed by atoms with E-state index in [2.05, 4.69) is 0 Å². The van der Waals surface area contributed by atoms with Crippen LogP contribution in [0.3, 0.4) is 0 Å². The summed E-state index contributed by atoms with van der Waals surface area (Å²) in [5.41, 5.74) is 1.01. The van der Waals surface area contributed by atoms with Gasteiger partial charge in [0.15, 0.2) is 5.78 Å². The first kappa shape index (κ1) is 11.4. The monoisotopic (exact) mass is 254 g/mol. The number of carbonyl (C=O) groups is 3. The highest BCUT2D eigenvalue weighted by Crippen LogP contribution is 2.22. The zero-order chi connectivity index (χ0) is 13.6. The first-order valence-corrected chi connectivity index (χ1v) is 5.77.